The zero-order valence-electron chi connectivity index (χ0n) is 98.2. The first kappa shape index (κ1) is 120. The van der Waals surface area contributed by atoms with E-state index < -0.39 is 17.3 Å². The van der Waals surface area contributed by atoms with Gasteiger partial charge in [-0.3, -0.25) is 0 Å². The van der Waals surface area contributed by atoms with Crippen molar-refractivity contribution in [3.63, 3.8) is 0 Å². The Kier molecular flexibility index (Phi) is 41.9. The van der Waals surface area contributed by atoms with E-state index in [2.05, 4.69) is 160 Å². The highest BCUT2D eigenvalue weighted by Crippen LogP contribution is 2.65. The molecule has 4 unspecified atom stereocenters. The summed E-state index contributed by atoms with van der Waals surface area (Å²) >= 11 is 0. The molecular weight excluding hydrogens is 1890 g/mol. The molecule has 25 nitrogen and oxygen atoms in total. The highest BCUT2D eigenvalue weighted by Gasteiger charge is 2.75. The van der Waals surface area contributed by atoms with Gasteiger partial charge in [-0.15, -0.1) is 0 Å². The summed E-state index contributed by atoms with van der Waals surface area (Å²) in [6.45, 7) is 51.3. The molecule has 4 atom stereocenters. The van der Waals surface area contributed by atoms with Crippen molar-refractivity contribution in [2.45, 2.75) is 298 Å². The summed E-state index contributed by atoms with van der Waals surface area (Å²) in [5.74, 6) is -4.65. The van der Waals surface area contributed by atoms with E-state index in [0.29, 0.717) is 62.7 Å². The minimum Gasteiger partial charge on any atom is -0.381 e. The van der Waals surface area contributed by atoms with Crippen molar-refractivity contribution in [1.82, 2.24) is 73.5 Å². The number of halogens is 4. The smallest absolute Gasteiger partial charge is 0.257 e. The Labute approximate surface area is 904 Å². The molecule has 0 amide bonds. The molecule has 0 aromatic carbocycles. The lowest BCUT2D eigenvalue weighted by molar-refractivity contribution is -0.208. The fourth-order valence-electron chi connectivity index (χ4n) is 33.5. The van der Waals surface area contributed by atoms with Crippen molar-refractivity contribution in [2.75, 3.05) is 408 Å². The number of hydrogen-bond donors (Lipinski definition) is 0. The van der Waals surface area contributed by atoms with Crippen molar-refractivity contribution in [2.24, 2.45) is 65.0 Å². The predicted octanol–water partition coefficient (Wildman–Crippen LogP) is 15.7. The number of methoxy groups -OCH3 is 1. The number of alkyl halides is 4. The van der Waals surface area contributed by atoms with Crippen LogP contribution in [-0.4, -0.2) is 517 Å². The van der Waals surface area contributed by atoms with Crippen LogP contribution in [-0.2, 0) is 47.4 Å². The van der Waals surface area contributed by atoms with E-state index in [0.717, 1.165) is 155 Å². The van der Waals surface area contributed by atoms with E-state index in [1.165, 1.54) is 388 Å². The molecule has 24 aliphatic heterocycles. The van der Waals surface area contributed by atoms with E-state index in [1.54, 1.807) is 0 Å². The fourth-order valence-corrected chi connectivity index (χ4v) is 33.5. The van der Waals surface area contributed by atoms with Gasteiger partial charge in [-0.05, 0) is 371 Å². The third-order valence-electron chi connectivity index (χ3n) is 41.9. The second-order valence-electron chi connectivity index (χ2n) is 57.5. The van der Waals surface area contributed by atoms with Crippen LogP contribution in [0.3, 0.4) is 0 Å². The Balaban J connectivity index is 0.000000114. The molecule has 24 heterocycles. The number of likely N-dealkylation sites (N-methyl/N-ethyl adjacent to an activating group) is 3. The zero-order chi connectivity index (χ0) is 106. The maximum absolute atomic E-state index is 12.4. The molecule has 864 valence electrons. The Hall–Kier alpha value is -1.28. The molecule has 24 saturated heterocycles. The summed E-state index contributed by atoms with van der Waals surface area (Å²) < 4.78 is 104. The largest absolute Gasteiger partial charge is 0.381 e. The van der Waals surface area contributed by atoms with Crippen molar-refractivity contribution in [1.29, 1.82) is 0 Å². The Morgan fingerprint density at radius 2 is 0.470 bits per heavy atom. The average molecular weight is 2110 g/mol. The average Bonchev–Trinajstić information content (AvgIpc) is 1.53. The Morgan fingerprint density at radius 3 is 0.779 bits per heavy atom. The van der Waals surface area contributed by atoms with E-state index in [1.807, 2.05) is 26.1 Å². The minimum atomic E-state index is -2.33. The number of rotatable bonds is 1. The molecule has 0 aromatic rings. The molecule has 29 heteroatoms. The number of hydrogen-bond acceptors (Lipinski definition) is 25. The van der Waals surface area contributed by atoms with Crippen LogP contribution in [0.5, 0.6) is 0 Å². The number of likely N-dealkylation sites (tertiary alicyclic amines) is 15. The van der Waals surface area contributed by atoms with Crippen LogP contribution in [0.1, 0.15) is 263 Å². The van der Waals surface area contributed by atoms with Crippen molar-refractivity contribution in [3.8, 4) is 0 Å². The van der Waals surface area contributed by atoms with Crippen LogP contribution in [0.2, 0.25) is 0 Å². The highest BCUT2D eigenvalue weighted by molar-refractivity contribution is 5.18. The van der Waals surface area contributed by atoms with Gasteiger partial charge in [0.15, 0.2) is 0 Å². The maximum atomic E-state index is 12.4. The van der Waals surface area contributed by atoms with Crippen molar-refractivity contribution < 1.29 is 64.9 Å². The van der Waals surface area contributed by atoms with Gasteiger partial charge in [0, 0.05) is 295 Å². The number of piperidine rings is 1. The zero-order valence-corrected chi connectivity index (χ0v) is 98.2. The molecule has 149 heavy (non-hydrogen) atoms. The lowest BCUT2D eigenvalue weighted by Crippen LogP contribution is -2.64. The summed E-state index contributed by atoms with van der Waals surface area (Å²) in [5.41, 5.74) is 7.18. The standard InChI is InChI=1S/C10H19NO.3C9H17NO.C9H17N.5C8H15NO.C8H15N.C7H11F2N.C7H13N.C6H9F2N.C6H11NO/c1-11-6-2-10(3-7-11)4-8-12-9-5-10;1-10-5-2-9(8-10)3-6-11-7-4-9;1-10-5-4-9(7-10)3-2-6-11-8-9;1-10-6-5-9(8-10)4-2-3-7-11-9;1-10-7-9(8-10)5-3-2-4-6-9;1-9-5-8(6-9)3-7(4-8)10-2;1-9-6-8(7-9)2-4-10-5-3-8;1-9-4-2-8(6-9)3-5-10-7-8;1-9-5-4-8(7-9)3-2-6-10-8;1-9-6-8(7-9)4-2-3-5-10-8;1-9-6-8(7-9)4-2-3-5-8;1-10-4-6(5-10)2-7(8,9)3-6;1-8-5-7(6-8)3-2-4-7;1-9-3-5(4-9)2-6(5,7)8;1-7-2-6(3-7)4-8-5-6/h2-9H2,1H3;3*2-8H2,1H3;2-8H2,1H3;7H,3-6H2,1-2H3;4*2-7H2,1H3;2-7H2,1H3;2-5H2,1H3;2-6H2,1H3;2-4H2,1H3;2-5H2,1H3. The van der Waals surface area contributed by atoms with Crippen LogP contribution >= 0.6 is 0 Å². The quantitative estimate of drug-likeness (QED) is 0.230. The van der Waals surface area contributed by atoms with Gasteiger partial charge in [0.1, 0.15) is 0 Å². The number of ether oxygens (including phenoxy) is 10. The molecule has 30 aliphatic rings. The Bertz CT molecular complexity index is 3580. The third kappa shape index (κ3) is 32.9. The molecular formula is C120H221F4N15O10. The van der Waals surface area contributed by atoms with Gasteiger partial charge >= 0.3 is 0 Å². The first-order chi connectivity index (χ1) is 71.0. The van der Waals surface area contributed by atoms with Gasteiger partial charge in [-0.2, -0.15) is 0 Å². The Morgan fingerprint density at radius 1 is 0.195 bits per heavy atom. The molecule has 0 N–H and O–H groups in total. The fraction of sp³-hybridized carbons (Fsp3) is 1.00. The van der Waals surface area contributed by atoms with Crippen LogP contribution in [0.4, 0.5) is 17.6 Å². The minimum absolute atomic E-state index is 0.0260. The molecule has 6 saturated carbocycles. The third-order valence-corrected chi connectivity index (χ3v) is 41.9. The van der Waals surface area contributed by atoms with Gasteiger partial charge in [0.2, 0.25) is 5.92 Å². The monoisotopic (exact) mass is 2110 g/mol. The first-order valence-electron chi connectivity index (χ1n) is 61.0. The van der Waals surface area contributed by atoms with Gasteiger partial charge < -0.3 is 121 Å². The van der Waals surface area contributed by atoms with Crippen molar-refractivity contribution in [3.05, 3.63) is 0 Å². The van der Waals surface area contributed by atoms with Crippen LogP contribution in [0.25, 0.3) is 0 Å². The molecule has 0 aromatic heterocycles. The second kappa shape index (κ2) is 52.0. The summed E-state index contributed by atoms with van der Waals surface area (Å²) in [6.07, 6.45) is 53.1. The summed E-state index contributed by atoms with van der Waals surface area (Å²) in [5, 5.41) is 0. The molecule has 0 radical (unpaired) electrons. The van der Waals surface area contributed by atoms with Gasteiger partial charge in [-0.1, -0.05) is 38.5 Å². The van der Waals surface area contributed by atoms with Crippen LogP contribution in [0, 0.1) is 65.0 Å². The summed E-state index contributed by atoms with van der Waals surface area (Å²) in [7, 11) is 34.3. The molecule has 30 rings (SSSR count). The van der Waals surface area contributed by atoms with Gasteiger partial charge in [0.05, 0.1) is 54.7 Å². The molecule has 15 spiro atoms. The van der Waals surface area contributed by atoms with E-state index in [4.69, 9.17) is 47.4 Å². The summed E-state index contributed by atoms with van der Waals surface area (Å²) in [4.78, 5) is 35.2. The van der Waals surface area contributed by atoms with E-state index in [-0.39, 0.29) is 35.9 Å². The van der Waals surface area contributed by atoms with Gasteiger partial charge in [-0.25, -0.2) is 17.6 Å². The van der Waals surface area contributed by atoms with E-state index >= 15 is 0 Å². The molecule has 6 aliphatic carbocycles. The molecule has 30 fully saturated rings. The normalized spacial score (nSPS) is 35.5. The highest BCUT2D eigenvalue weighted by atomic mass is 19.3. The summed E-state index contributed by atoms with van der Waals surface area (Å²) in [6, 6.07) is 0. The lowest BCUT2D eigenvalue weighted by atomic mass is 9.61. The second-order valence-corrected chi connectivity index (χ2v) is 57.5. The van der Waals surface area contributed by atoms with Crippen molar-refractivity contribution >= 4 is 0 Å². The molecule has 0 bridgehead atoms. The van der Waals surface area contributed by atoms with E-state index in [9.17, 15) is 17.6 Å². The topological polar surface area (TPSA) is 141 Å². The SMILES string of the molecule is CN1CC2(C1)CC(F)(F)C2.CN1CC2(C1)CC2(F)F.CN1CC2(CCC2)C1.CN1CC2(CCCC2)C1.CN1CC2(CCCCC2)C1.CN1CC2(CCCCO2)C1.CN1CC2(CCOCC2)C1.CN1CC2(COC2)C1.CN1CCC2(CCCCO2)C1.CN1CCC2(CCCO2)C1.CN1CCC2(CCCOC2)C1.CN1CCC2(CCOC2)C1.CN1CCC2(CCOCC2)C1.CN1CCC2(CCOCC2)CC1.COC1CC2(C1)CN(C)C2. The number of nitrogens with zero attached hydrogens (tertiary/aromatic N) is 15. The van der Waals surface area contributed by atoms with Gasteiger partial charge in [0.25, 0.3) is 5.92 Å². The predicted molar refractivity (Wildman–Crippen MR) is 593 cm³/mol. The first-order valence-corrected chi connectivity index (χ1v) is 61.0. The van der Waals surface area contributed by atoms with Crippen LogP contribution < -0.4 is 0 Å². The maximum Gasteiger partial charge on any atom is 0.257 e. The van der Waals surface area contributed by atoms with Crippen LogP contribution in [0.15, 0.2) is 0 Å². The lowest BCUT2D eigenvalue weighted by Gasteiger charge is -2.57.